The fourth-order valence-corrected chi connectivity index (χ4v) is 1.71. The molecule has 1 aliphatic rings. The summed E-state index contributed by atoms with van der Waals surface area (Å²) in [6.45, 7) is 7.80. The molecule has 2 amide bonds. The van der Waals surface area contributed by atoms with Crippen molar-refractivity contribution in [2.75, 3.05) is 0 Å². The average molecular weight is 296 g/mol. The van der Waals surface area contributed by atoms with Gasteiger partial charge in [-0.1, -0.05) is 36.4 Å². The lowest BCUT2D eigenvalue weighted by atomic mass is 10.2. The Morgan fingerprint density at radius 2 is 1.25 bits per heavy atom. The number of carbonyl (C=O) groups excluding carboxylic acids is 1. The molecule has 0 spiro atoms. The first-order valence-corrected chi connectivity index (χ1v) is 7.63. The van der Waals surface area contributed by atoms with Gasteiger partial charge in [0.1, 0.15) is 0 Å². The predicted molar refractivity (Wildman–Crippen MR) is 90.1 cm³/mol. The average Bonchev–Trinajstić information content (AvgIpc) is 3.14. The van der Waals surface area contributed by atoms with Crippen molar-refractivity contribution in [2.45, 2.75) is 57.9 Å². The molecular weight excluding hydrogens is 268 g/mol. The number of primary amides is 1. The van der Waals surface area contributed by atoms with E-state index in [0.29, 0.717) is 0 Å². The number of thiol groups is 1. The minimum Gasteiger partial charge on any atom is -0.351 e. The van der Waals surface area contributed by atoms with Gasteiger partial charge in [-0.2, -0.15) is 12.6 Å². The van der Waals surface area contributed by atoms with Crippen LogP contribution < -0.4 is 5.73 Å². The van der Waals surface area contributed by atoms with Crippen LogP contribution in [0.3, 0.4) is 0 Å². The number of nitrogens with two attached hydrogens (primary N) is 1. The van der Waals surface area contributed by atoms with Gasteiger partial charge in [-0.15, -0.1) is 0 Å². The molecule has 0 heterocycles. The molecule has 4 heteroatoms. The normalized spacial score (nSPS) is 12.9. The van der Waals surface area contributed by atoms with Crippen molar-refractivity contribution in [3.05, 3.63) is 36.4 Å². The SMILES string of the molecule is CC(C)N(C(N)=O)C(C)C.SC1CC1.c1ccccc1. The number of rotatable bonds is 2. The highest BCUT2D eigenvalue weighted by molar-refractivity contribution is 7.81. The van der Waals surface area contributed by atoms with Crippen LogP contribution in [0, 0.1) is 0 Å². The van der Waals surface area contributed by atoms with Crippen LogP contribution in [0.15, 0.2) is 36.4 Å². The molecule has 0 radical (unpaired) electrons. The molecule has 3 nitrogen and oxygen atoms in total. The van der Waals surface area contributed by atoms with Gasteiger partial charge < -0.3 is 10.6 Å². The van der Waals surface area contributed by atoms with Gasteiger partial charge in [-0.05, 0) is 40.5 Å². The van der Waals surface area contributed by atoms with Crippen molar-refractivity contribution in [1.82, 2.24) is 4.90 Å². The summed E-state index contributed by atoms with van der Waals surface area (Å²) in [6.07, 6.45) is 2.70. The number of urea groups is 1. The number of amides is 2. The maximum atomic E-state index is 10.7. The zero-order chi connectivity index (χ0) is 15.5. The lowest BCUT2D eigenvalue weighted by Crippen LogP contribution is -2.45. The molecule has 1 saturated carbocycles. The van der Waals surface area contributed by atoms with Crippen LogP contribution in [0.5, 0.6) is 0 Å². The van der Waals surface area contributed by atoms with Crippen LogP contribution in [0.4, 0.5) is 4.79 Å². The molecule has 1 fully saturated rings. The topological polar surface area (TPSA) is 46.3 Å². The van der Waals surface area contributed by atoms with Gasteiger partial charge in [0.15, 0.2) is 0 Å². The predicted octanol–water partition coefficient (Wildman–Crippen LogP) is 3.95. The van der Waals surface area contributed by atoms with Gasteiger partial charge in [-0.25, -0.2) is 4.79 Å². The summed E-state index contributed by atoms with van der Waals surface area (Å²) in [7, 11) is 0. The quantitative estimate of drug-likeness (QED) is 0.798. The second-order valence-corrected chi connectivity index (χ2v) is 6.05. The fourth-order valence-electron chi connectivity index (χ4n) is 1.56. The van der Waals surface area contributed by atoms with Crippen LogP contribution in [0.1, 0.15) is 40.5 Å². The summed E-state index contributed by atoms with van der Waals surface area (Å²) in [4.78, 5) is 12.4. The van der Waals surface area contributed by atoms with Crippen molar-refractivity contribution < 1.29 is 4.79 Å². The van der Waals surface area contributed by atoms with Crippen molar-refractivity contribution in [3.63, 3.8) is 0 Å². The molecule has 0 aliphatic heterocycles. The Bertz CT molecular complexity index is 316. The third-order valence-electron chi connectivity index (χ3n) is 2.58. The van der Waals surface area contributed by atoms with Crippen LogP contribution >= 0.6 is 12.6 Å². The molecule has 0 atom stereocenters. The third kappa shape index (κ3) is 10.7. The van der Waals surface area contributed by atoms with E-state index in [2.05, 4.69) is 12.6 Å². The molecular formula is C16H28N2OS. The Morgan fingerprint density at radius 3 is 1.30 bits per heavy atom. The Hall–Kier alpha value is -1.16. The lowest BCUT2D eigenvalue weighted by molar-refractivity contribution is 0.174. The van der Waals surface area contributed by atoms with E-state index in [9.17, 15) is 4.79 Å². The summed E-state index contributed by atoms with van der Waals surface area (Å²) < 4.78 is 0. The van der Waals surface area contributed by atoms with E-state index in [4.69, 9.17) is 5.73 Å². The molecule has 0 aromatic heterocycles. The number of nitrogens with zero attached hydrogens (tertiary/aromatic N) is 1. The maximum absolute atomic E-state index is 10.7. The first kappa shape index (κ1) is 18.8. The van der Waals surface area contributed by atoms with E-state index in [-0.39, 0.29) is 18.1 Å². The molecule has 0 bridgehead atoms. The Labute approximate surface area is 129 Å². The van der Waals surface area contributed by atoms with E-state index in [0.717, 1.165) is 5.25 Å². The Balaban J connectivity index is 0.000000300. The minimum absolute atomic E-state index is 0.192. The first-order valence-electron chi connectivity index (χ1n) is 7.12. The van der Waals surface area contributed by atoms with Gasteiger partial charge in [0, 0.05) is 17.3 Å². The van der Waals surface area contributed by atoms with E-state index in [1.807, 2.05) is 64.1 Å². The highest BCUT2D eigenvalue weighted by atomic mass is 32.1. The summed E-state index contributed by atoms with van der Waals surface area (Å²) in [5, 5.41) is 0.778. The molecule has 1 aromatic carbocycles. The lowest BCUT2D eigenvalue weighted by Gasteiger charge is -2.28. The van der Waals surface area contributed by atoms with E-state index >= 15 is 0 Å². The number of hydrogen-bond donors (Lipinski definition) is 2. The van der Waals surface area contributed by atoms with Crippen molar-refractivity contribution in [3.8, 4) is 0 Å². The summed E-state index contributed by atoms with van der Waals surface area (Å²) >= 11 is 4.08. The molecule has 20 heavy (non-hydrogen) atoms. The number of benzene rings is 1. The van der Waals surface area contributed by atoms with Gasteiger partial charge in [-0.3, -0.25) is 0 Å². The standard InChI is InChI=1S/C7H16N2O.C6H6.C3H6S/c1-5(2)9(6(3)4)7(8)10;1-2-4-6-5-3-1;4-3-1-2-3/h5-6H,1-4H3,(H2,8,10);1-6H;3-4H,1-2H2. The third-order valence-corrected chi connectivity index (χ3v) is 3.10. The van der Waals surface area contributed by atoms with E-state index in [1.54, 1.807) is 4.90 Å². The van der Waals surface area contributed by atoms with Crippen molar-refractivity contribution in [2.24, 2.45) is 5.73 Å². The smallest absolute Gasteiger partial charge is 0.315 e. The van der Waals surface area contributed by atoms with E-state index in [1.165, 1.54) is 12.8 Å². The molecule has 1 aromatic rings. The second kappa shape index (κ2) is 10.6. The largest absolute Gasteiger partial charge is 0.351 e. The van der Waals surface area contributed by atoms with Crippen LogP contribution in [0.25, 0.3) is 0 Å². The van der Waals surface area contributed by atoms with Crippen LogP contribution in [0.2, 0.25) is 0 Å². The zero-order valence-electron chi connectivity index (χ0n) is 13.0. The van der Waals surface area contributed by atoms with Crippen LogP contribution in [-0.2, 0) is 0 Å². The molecule has 2 N–H and O–H groups in total. The van der Waals surface area contributed by atoms with E-state index < -0.39 is 0 Å². The molecule has 0 saturated heterocycles. The highest BCUT2D eigenvalue weighted by Gasteiger charge is 2.16. The number of hydrogen-bond acceptors (Lipinski definition) is 2. The van der Waals surface area contributed by atoms with Crippen molar-refractivity contribution >= 4 is 18.7 Å². The van der Waals surface area contributed by atoms with Crippen LogP contribution in [-0.4, -0.2) is 28.3 Å². The summed E-state index contributed by atoms with van der Waals surface area (Å²) in [5.74, 6) is 0. The van der Waals surface area contributed by atoms with Gasteiger partial charge in [0.05, 0.1) is 0 Å². The van der Waals surface area contributed by atoms with Crippen molar-refractivity contribution in [1.29, 1.82) is 0 Å². The Kier molecular flexibility index (Phi) is 9.99. The molecule has 114 valence electrons. The first-order chi connectivity index (χ1) is 9.36. The fraction of sp³-hybridized carbons (Fsp3) is 0.562. The molecule has 0 unspecified atom stereocenters. The van der Waals surface area contributed by atoms with Gasteiger partial charge in [0.2, 0.25) is 0 Å². The van der Waals surface area contributed by atoms with Gasteiger partial charge in [0.25, 0.3) is 0 Å². The molecule has 2 rings (SSSR count). The number of carbonyl (C=O) groups is 1. The highest BCUT2D eigenvalue weighted by Crippen LogP contribution is 2.24. The Morgan fingerprint density at radius 1 is 1.00 bits per heavy atom. The minimum atomic E-state index is -0.343. The zero-order valence-corrected chi connectivity index (χ0v) is 13.9. The molecule has 1 aliphatic carbocycles. The maximum Gasteiger partial charge on any atom is 0.315 e. The van der Waals surface area contributed by atoms with Gasteiger partial charge >= 0.3 is 6.03 Å². The summed E-state index contributed by atoms with van der Waals surface area (Å²) in [5.41, 5.74) is 5.13. The second-order valence-electron chi connectivity index (χ2n) is 5.32. The monoisotopic (exact) mass is 296 g/mol. The summed E-state index contributed by atoms with van der Waals surface area (Å²) in [6, 6.07) is 12.0.